The van der Waals surface area contributed by atoms with Crippen LogP contribution in [0.15, 0.2) is 43.0 Å². The summed E-state index contributed by atoms with van der Waals surface area (Å²) >= 11 is 1.14. The molecule has 1 amide bonds. The Hall–Kier alpha value is -3.33. The topological polar surface area (TPSA) is 108 Å². The number of rotatable bonds is 8. The van der Waals surface area contributed by atoms with Gasteiger partial charge in [-0.1, -0.05) is 20.4 Å². The molecule has 7 nitrogen and oxygen atoms in total. The fourth-order valence-corrected chi connectivity index (χ4v) is 4.88. The fraction of sp³-hybridized carbons (Fsp3) is 0.333. The number of carbonyl (C=O) groups excluding carboxylic acids is 2. The molecule has 2 N–H and O–H groups in total. The molecule has 1 fully saturated rings. The number of hydrogen-bond acceptors (Lipinski definition) is 6. The first-order valence-electron chi connectivity index (χ1n) is 10.4. The number of thiophene rings is 1. The highest BCUT2D eigenvalue weighted by Gasteiger charge is 2.40. The number of nitrogens with one attached hydrogen (secondary N) is 1. The van der Waals surface area contributed by atoms with E-state index in [0.29, 0.717) is 31.4 Å². The van der Waals surface area contributed by atoms with E-state index in [9.17, 15) is 23.9 Å². The number of halogens is 1. The zero-order valence-electron chi connectivity index (χ0n) is 18.4. The maximum atomic E-state index is 14.3. The molecule has 1 saturated heterocycles. The summed E-state index contributed by atoms with van der Waals surface area (Å²) in [6, 6.07) is 6.31. The molecule has 0 spiro atoms. The van der Waals surface area contributed by atoms with Crippen molar-refractivity contribution in [2.45, 2.75) is 39.2 Å². The second-order valence-corrected chi connectivity index (χ2v) is 9.64. The highest BCUT2D eigenvalue weighted by molar-refractivity contribution is 7.14. The van der Waals surface area contributed by atoms with E-state index in [2.05, 4.69) is 6.58 Å². The van der Waals surface area contributed by atoms with Crippen LogP contribution in [0, 0.1) is 16.6 Å². The summed E-state index contributed by atoms with van der Waals surface area (Å²) in [5.74, 6) is -2.99. The number of aliphatic carboxylic acids is 1. The smallest absolute Gasteiger partial charge is 0.353 e. The largest absolute Gasteiger partial charge is 0.480 e. The predicted molar refractivity (Wildman–Crippen MR) is 123 cm³/mol. The van der Waals surface area contributed by atoms with Crippen LogP contribution < -0.4 is 4.74 Å². The van der Waals surface area contributed by atoms with E-state index in [0.717, 1.165) is 22.3 Å². The first kappa shape index (κ1) is 24.3. The molecule has 1 aromatic carbocycles. The summed E-state index contributed by atoms with van der Waals surface area (Å²) in [7, 11) is 0. The minimum atomic E-state index is -1.00. The van der Waals surface area contributed by atoms with Crippen LogP contribution in [0.2, 0.25) is 0 Å². The molecule has 0 saturated carbocycles. The lowest BCUT2D eigenvalue weighted by Gasteiger charge is -2.31. The SMILES string of the molecule is C=CC(=N)c1ccc(OC(=O)c2ccc(CC(C)(C)C(=O)N3CCCC3C(=O)O)s2)c(F)c1. The molecule has 3 rings (SSSR count). The molecule has 1 unspecified atom stereocenters. The molecule has 1 aromatic heterocycles. The minimum absolute atomic E-state index is 0.0513. The van der Waals surface area contributed by atoms with E-state index in [1.54, 1.807) is 26.0 Å². The normalized spacial score (nSPS) is 15.8. The Bertz CT molecular complexity index is 1120. The summed E-state index contributed by atoms with van der Waals surface area (Å²) in [5.41, 5.74) is -0.493. The van der Waals surface area contributed by atoms with Crippen LogP contribution in [0.1, 0.15) is 46.8 Å². The third-order valence-electron chi connectivity index (χ3n) is 5.51. The van der Waals surface area contributed by atoms with Crippen molar-refractivity contribution in [1.29, 1.82) is 5.41 Å². The van der Waals surface area contributed by atoms with E-state index in [1.807, 2.05) is 0 Å². The standard InChI is InChI=1S/C24H25FN2O5S/c1-4-17(26)14-7-9-19(16(25)12-14)32-22(30)20-10-8-15(33-20)13-24(2,3)23(31)27-11-5-6-18(27)21(28)29/h4,7-10,12,18,26H,1,5-6,11,13H2,2-3H3,(H,28,29). The third-order valence-corrected chi connectivity index (χ3v) is 6.57. The summed E-state index contributed by atoms with van der Waals surface area (Å²) in [6.07, 6.45) is 2.70. The van der Waals surface area contributed by atoms with Gasteiger partial charge in [-0.25, -0.2) is 14.0 Å². The van der Waals surface area contributed by atoms with Crippen LogP contribution >= 0.6 is 11.3 Å². The summed E-state index contributed by atoms with van der Waals surface area (Å²) in [6.45, 7) is 7.39. The molecular weight excluding hydrogens is 447 g/mol. The summed E-state index contributed by atoms with van der Waals surface area (Å²) < 4.78 is 19.5. The first-order valence-corrected chi connectivity index (χ1v) is 11.2. The van der Waals surface area contributed by atoms with Crippen LogP contribution in [0.3, 0.4) is 0 Å². The Morgan fingerprint density at radius 1 is 1.33 bits per heavy atom. The van der Waals surface area contributed by atoms with Crippen molar-refractivity contribution in [1.82, 2.24) is 4.90 Å². The number of carboxylic acid groups (broad SMARTS) is 1. The number of carbonyl (C=O) groups is 3. The highest BCUT2D eigenvalue weighted by Crippen LogP contribution is 2.32. The van der Waals surface area contributed by atoms with Gasteiger partial charge < -0.3 is 20.2 Å². The number of benzene rings is 1. The number of allylic oxidation sites excluding steroid dienone is 1. The van der Waals surface area contributed by atoms with Crippen LogP contribution in [-0.4, -0.2) is 46.2 Å². The van der Waals surface area contributed by atoms with Crippen LogP contribution in [0.25, 0.3) is 0 Å². The van der Waals surface area contributed by atoms with Gasteiger partial charge in [0, 0.05) is 22.4 Å². The van der Waals surface area contributed by atoms with E-state index < -0.39 is 29.2 Å². The Morgan fingerprint density at radius 2 is 2.06 bits per heavy atom. The quantitative estimate of drug-likeness (QED) is 0.338. The number of carboxylic acids is 1. The van der Waals surface area contributed by atoms with Crippen LogP contribution in [-0.2, 0) is 16.0 Å². The molecule has 33 heavy (non-hydrogen) atoms. The minimum Gasteiger partial charge on any atom is -0.480 e. The Labute approximate surface area is 195 Å². The Balaban J connectivity index is 1.68. The molecule has 174 valence electrons. The van der Waals surface area contributed by atoms with Crippen molar-refractivity contribution in [3.05, 3.63) is 64.1 Å². The van der Waals surface area contributed by atoms with Crippen molar-refractivity contribution in [3.63, 3.8) is 0 Å². The Morgan fingerprint density at radius 3 is 2.70 bits per heavy atom. The Kier molecular flexibility index (Phi) is 7.12. The zero-order chi connectivity index (χ0) is 24.3. The van der Waals surface area contributed by atoms with E-state index in [-0.39, 0.29) is 22.2 Å². The number of nitrogens with zero attached hydrogens (tertiary/aromatic N) is 1. The predicted octanol–water partition coefficient (Wildman–Crippen LogP) is 4.30. The summed E-state index contributed by atoms with van der Waals surface area (Å²) in [4.78, 5) is 39.4. The van der Waals surface area contributed by atoms with Crippen molar-refractivity contribution < 1.29 is 28.6 Å². The summed E-state index contributed by atoms with van der Waals surface area (Å²) in [5, 5.41) is 17.0. The van der Waals surface area contributed by atoms with Gasteiger partial charge in [0.2, 0.25) is 5.91 Å². The van der Waals surface area contributed by atoms with Gasteiger partial charge in [-0.3, -0.25) is 4.79 Å². The monoisotopic (exact) mass is 472 g/mol. The number of hydrogen-bond donors (Lipinski definition) is 2. The number of likely N-dealkylation sites (tertiary alicyclic amines) is 1. The van der Waals surface area contributed by atoms with Gasteiger partial charge in [-0.05, 0) is 55.7 Å². The van der Waals surface area contributed by atoms with Crippen molar-refractivity contribution in [2.75, 3.05) is 6.54 Å². The van der Waals surface area contributed by atoms with Gasteiger partial charge in [-0.15, -0.1) is 11.3 Å². The van der Waals surface area contributed by atoms with Crippen LogP contribution in [0.4, 0.5) is 4.39 Å². The van der Waals surface area contributed by atoms with Crippen molar-refractivity contribution in [2.24, 2.45) is 5.41 Å². The van der Waals surface area contributed by atoms with Gasteiger partial charge in [0.15, 0.2) is 11.6 Å². The molecule has 1 aliphatic heterocycles. The lowest BCUT2D eigenvalue weighted by Crippen LogP contribution is -2.47. The fourth-order valence-electron chi connectivity index (χ4n) is 3.77. The molecule has 1 aliphatic rings. The van der Waals surface area contributed by atoms with Crippen molar-refractivity contribution >= 4 is 34.9 Å². The second-order valence-electron chi connectivity index (χ2n) is 8.47. The molecular formula is C24H25FN2O5S. The van der Waals surface area contributed by atoms with E-state index in [4.69, 9.17) is 10.1 Å². The molecule has 0 aliphatic carbocycles. The number of amides is 1. The number of ether oxygens (including phenoxy) is 1. The lowest BCUT2D eigenvalue weighted by atomic mass is 9.86. The van der Waals surface area contributed by atoms with Gasteiger partial charge in [0.1, 0.15) is 10.9 Å². The average molecular weight is 473 g/mol. The van der Waals surface area contributed by atoms with E-state index in [1.165, 1.54) is 23.1 Å². The number of esters is 1. The first-order chi connectivity index (χ1) is 15.5. The second kappa shape index (κ2) is 9.66. The van der Waals surface area contributed by atoms with Gasteiger partial charge in [0.05, 0.1) is 5.71 Å². The van der Waals surface area contributed by atoms with Gasteiger partial charge >= 0.3 is 11.9 Å². The lowest BCUT2D eigenvalue weighted by molar-refractivity contribution is -0.152. The van der Waals surface area contributed by atoms with Crippen LogP contribution in [0.5, 0.6) is 5.75 Å². The maximum Gasteiger partial charge on any atom is 0.353 e. The van der Waals surface area contributed by atoms with Crippen molar-refractivity contribution in [3.8, 4) is 5.75 Å². The molecule has 2 aromatic rings. The highest BCUT2D eigenvalue weighted by atomic mass is 32.1. The maximum absolute atomic E-state index is 14.3. The zero-order valence-corrected chi connectivity index (χ0v) is 19.2. The molecule has 2 heterocycles. The van der Waals surface area contributed by atoms with Gasteiger partial charge in [0.25, 0.3) is 0 Å². The molecule has 0 radical (unpaired) electrons. The molecule has 9 heteroatoms. The van der Waals surface area contributed by atoms with E-state index >= 15 is 0 Å². The average Bonchev–Trinajstić information content (AvgIpc) is 3.43. The molecule has 0 bridgehead atoms. The van der Waals surface area contributed by atoms with Gasteiger partial charge in [-0.2, -0.15) is 0 Å². The molecule has 1 atom stereocenters. The third kappa shape index (κ3) is 5.36.